The molecular formula is C19H24ClN3O2. The van der Waals surface area contributed by atoms with E-state index in [1.807, 2.05) is 38.4 Å². The quantitative estimate of drug-likeness (QED) is 0.830. The molecule has 0 spiro atoms. The van der Waals surface area contributed by atoms with Crippen LogP contribution >= 0.6 is 11.6 Å². The summed E-state index contributed by atoms with van der Waals surface area (Å²) in [6.45, 7) is 2.19. The predicted molar refractivity (Wildman–Crippen MR) is 103 cm³/mol. The van der Waals surface area contributed by atoms with Crippen LogP contribution in [0.4, 0.5) is 10.5 Å². The largest absolute Gasteiger partial charge is 0.415 e. The molecule has 2 aromatic carbocycles. The van der Waals surface area contributed by atoms with Crippen molar-refractivity contribution in [2.24, 2.45) is 0 Å². The monoisotopic (exact) mass is 361 g/mol. The smallest absolute Gasteiger partial charge is 0.409 e. The van der Waals surface area contributed by atoms with E-state index >= 15 is 0 Å². The van der Waals surface area contributed by atoms with E-state index in [9.17, 15) is 4.79 Å². The fourth-order valence-electron chi connectivity index (χ4n) is 3.37. The molecule has 1 N–H and O–H groups in total. The zero-order valence-electron chi connectivity index (χ0n) is 14.9. The number of fused-ring (bicyclic) bond motifs is 3. The van der Waals surface area contributed by atoms with E-state index in [4.69, 9.17) is 16.3 Å². The molecule has 1 aliphatic heterocycles. The number of halogens is 1. The van der Waals surface area contributed by atoms with E-state index in [2.05, 4.69) is 16.3 Å². The number of hydrogen-bond donors (Lipinski definition) is 1. The number of amides is 1. The number of rotatable bonds is 5. The molecule has 0 fully saturated rings. The van der Waals surface area contributed by atoms with Crippen LogP contribution in [0.2, 0.25) is 0 Å². The molecule has 1 heterocycles. The van der Waals surface area contributed by atoms with Gasteiger partial charge in [-0.05, 0) is 18.0 Å². The van der Waals surface area contributed by atoms with Gasteiger partial charge in [0.15, 0.2) is 0 Å². The summed E-state index contributed by atoms with van der Waals surface area (Å²) in [5, 5.41) is 5.08. The van der Waals surface area contributed by atoms with Crippen molar-refractivity contribution in [1.29, 1.82) is 0 Å². The minimum Gasteiger partial charge on any atom is -0.409 e. The molecule has 25 heavy (non-hydrogen) atoms. The summed E-state index contributed by atoms with van der Waals surface area (Å²) in [4.78, 5) is 16.2. The summed E-state index contributed by atoms with van der Waals surface area (Å²) in [6.07, 6.45) is -0.352. The zero-order valence-corrected chi connectivity index (χ0v) is 15.6. The van der Waals surface area contributed by atoms with E-state index in [1.54, 1.807) is 11.9 Å². The number of carbonyl (C=O) groups is 1. The van der Waals surface area contributed by atoms with E-state index in [1.165, 1.54) is 5.56 Å². The van der Waals surface area contributed by atoms with Crippen LogP contribution in [0.25, 0.3) is 10.8 Å². The van der Waals surface area contributed by atoms with Gasteiger partial charge in [0.05, 0.1) is 0 Å². The Kier molecular flexibility index (Phi) is 5.35. The first kappa shape index (κ1) is 17.8. The average molecular weight is 362 g/mol. The van der Waals surface area contributed by atoms with Crippen molar-refractivity contribution in [3.05, 3.63) is 35.9 Å². The zero-order chi connectivity index (χ0) is 18.0. The number of nitrogens with one attached hydrogen (secondary N) is 1. The van der Waals surface area contributed by atoms with Gasteiger partial charge in [0.2, 0.25) is 0 Å². The first-order chi connectivity index (χ1) is 12.1. The summed E-state index contributed by atoms with van der Waals surface area (Å²) >= 11 is 6.19. The number of benzene rings is 2. The number of ether oxygens (including phenoxy) is 1. The van der Waals surface area contributed by atoms with E-state index < -0.39 is 0 Å². The van der Waals surface area contributed by atoms with E-state index in [-0.39, 0.29) is 12.0 Å². The molecule has 0 bridgehead atoms. The van der Waals surface area contributed by atoms with Gasteiger partial charge in [-0.3, -0.25) is 0 Å². The fourth-order valence-corrected chi connectivity index (χ4v) is 3.62. The van der Waals surface area contributed by atoms with E-state index in [0.29, 0.717) is 18.2 Å². The molecule has 0 aromatic heterocycles. The van der Waals surface area contributed by atoms with Crippen molar-refractivity contribution in [3.63, 3.8) is 0 Å². The molecular weight excluding hydrogens is 338 g/mol. The average Bonchev–Trinajstić information content (AvgIpc) is 2.95. The van der Waals surface area contributed by atoms with Gasteiger partial charge in [-0.25, -0.2) is 4.79 Å². The topological polar surface area (TPSA) is 44.8 Å². The Labute approximate surface area is 153 Å². The number of carbonyl (C=O) groups excluding carboxylic acids is 1. The summed E-state index contributed by atoms with van der Waals surface area (Å²) in [5.74, 6) is 1.46. The third kappa shape index (κ3) is 3.39. The number of anilines is 1. The van der Waals surface area contributed by atoms with Gasteiger partial charge in [0.1, 0.15) is 5.75 Å². The Balaban J connectivity index is 2.00. The van der Waals surface area contributed by atoms with Crippen LogP contribution in [0, 0.1) is 0 Å². The van der Waals surface area contributed by atoms with Crippen molar-refractivity contribution in [1.82, 2.24) is 10.2 Å². The minimum atomic E-state index is -0.352. The second kappa shape index (κ2) is 7.50. The summed E-state index contributed by atoms with van der Waals surface area (Å²) in [5.41, 5.74) is 2.33. The van der Waals surface area contributed by atoms with Crippen molar-refractivity contribution < 1.29 is 9.53 Å². The molecule has 0 aliphatic carbocycles. The van der Waals surface area contributed by atoms with Gasteiger partial charge in [-0.2, -0.15) is 0 Å². The van der Waals surface area contributed by atoms with Crippen molar-refractivity contribution >= 4 is 34.2 Å². The molecule has 6 heteroatoms. The Morgan fingerprint density at radius 2 is 2.12 bits per heavy atom. The molecule has 0 saturated heterocycles. The van der Waals surface area contributed by atoms with Gasteiger partial charge in [0.25, 0.3) is 0 Å². The Bertz CT molecular complexity index is 781. The van der Waals surface area contributed by atoms with Gasteiger partial charge in [-0.1, -0.05) is 24.3 Å². The minimum absolute atomic E-state index is 0.287. The predicted octanol–water partition coefficient (Wildman–Crippen LogP) is 3.26. The molecule has 5 nitrogen and oxygen atoms in total. The van der Waals surface area contributed by atoms with Gasteiger partial charge >= 0.3 is 6.09 Å². The summed E-state index contributed by atoms with van der Waals surface area (Å²) in [7, 11) is 5.64. The van der Waals surface area contributed by atoms with Gasteiger partial charge in [0, 0.05) is 62.7 Å². The third-order valence-corrected chi connectivity index (χ3v) is 5.11. The molecule has 1 unspecified atom stereocenters. The Morgan fingerprint density at radius 3 is 2.80 bits per heavy atom. The van der Waals surface area contributed by atoms with Crippen molar-refractivity contribution in [3.8, 4) is 5.75 Å². The lowest BCUT2D eigenvalue weighted by molar-refractivity contribution is 0.164. The highest BCUT2D eigenvalue weighted by molar-refractivity contribution is 6.18. The maximum Gasteiger partial charge on any atom is 0.415 e. The van der Waals surface area contributed by atoms with Crippen LogP contribution in [-0.4, -0.2) is 57.7 Å². The lowest BCUT2D eigenvalue weighted by atomic mass is 9.95. The van der Waals surface area contributed by atoms with Crippen molar-refractivity contribution in [2.45, 2.75) is 5.92 Å². The number of likely N-dealkylation sites (N-methyl/N-ethyl adjacent to an activating group) is 3. The fraction of sp³-hybridized carbons (Fsp3) is 0.421. The normalized spacial score (nSPS) is 16.2. The number of alkyl halides is 1. The van der Waals surface area contributed by atoms with Crippen LogP contribution < -0.4 is 15.0 Å². The van der Waals surface area contributed by atoms with Crippen LogP contribution in [0.1, 0.15) is 11.5 Å². The molecule has 3 rings (SSSR count). The Morgan fingerprint density at radius 1 is 1.40 bits per heavy atom. The van der Waals surface area contributed by atoms with E-state index in [0.717, 1.165) is 29.5 Å². The first-order valence-corrected chi connectivity index (χ1v) is 9.00. The highest BCUT2D eigenvalue weighted by Gasteiger charge is 2.29. The van der Waals surface area contributed by atoms with Gasteiger partial charge < -0.3 is 19.9 Å². The van der Waals surface area contributed by atoms with Crippen LogP contribution in [0.15, 0.2) is 30.3 Å². The maximum atomic E-state index is 12.4. The SMILES string of the molecule is CNCCN(C)C(=O)Oc1cc2c(c3ccccc13)C(CCl)CN2C. The molecule has 134 valence electrons. The summed E-state index contributed by atoms with van der Waals surface area (Å²) in [6, 6.07) is 10.0. The molecule has 2 aromatic rings. The van der Waals surface area contributed by atoms with Gasteiger partial charge in [-0.15, -0.1) is 11.6 Å². The standard InChI is InChI=1S/C19H24ClN3O2/c1-21-8-9-22(2)19(24)25-17-10-16-18(13(11-20)12-23(16)3)15-7-5-4-6-14(15)17/h4-7,10,13,21H,8-9,11-12H2,1-3H3. The van der Waals surface area contributed by atoms with Crippen LogP contribution in [-0.2, 0) is 0 Å². The lowest BCUT2D eigenvalue weighted by Gasteiger charge is -2.19. The maximum absolute atomic E-state index is 12.4. The molecule has 1 aliphatic rings. The first-order valence-electron chi connectivity index (χ1n) is 8.47. The molecule has 1 atom stereocenters. The second-order valence-electron chi connectivity index (χ2n) is 6.48. The molecule has 0 radical (unpaired) electrons. The lowest BCUT2D eigenvalue weighted by Crippen LogP contribution is -2.34. The van der Waals surface area contributed by atoms with Crippen LogP contribution in [0.5, 0.6) is 5.75 Å². The van der Waals surface area contributed by atoms with Crippen LogP contribution in [0.3, 0.4) is 0 Å². The molecule has 0 saturated carbocycles. The summed E-state index contributed by atoms with van der Waals surface area (Å²) < 4.78 is 5.73. The second-order valence-corrected chi connectivity index (χ2v) is 6.79. The third-order valence-electron chi connectivity index (χ3n) is 4.73. The number of hydrogen-bond acceptors (Lipinski definition) is 4. The number of nitrogens with zero attached hydrogens (tertiary/aromatic N) is 2. The molecule has 1 amide bonds. The highest BCUT2D eigenvalue weighted by Crippen LogP contribution is 2.44. The highest BCUT2D eigenvalue weighted by atomic mass is 35.5. The van der Waals surface area contributed by atoms with Crippen molar-refractivity contribution in [2.75, 3.05) is 51.6 Å². The Hall–Kier alpha value is -1.98.